The molecular weight excluding hydrogens is 362 g/mol. The van der Waals surface area contributed by atoms with Gasteiger partial charge >= 0.3 is 0 Å². The van der Waals surface area contributed by atoms with Crippen LogP contribution in [0.15, 0.2) is 24.5 Å². The highest BCUT2D eigenvalue weighted by Gasteiger charge is 2.36. The molecule has 5 heteroatoms. The van der Waals surface area contributed by atoms with Crippen molar-refractivity contribution in [2.75, 3.05) is 26.3 Å². The van der Waals surface area contributed by atoms with E-state index in [1.807, 2.05) is 11.0 Å². The van der Waals surface area contributed by atoms with Crippen LogP contribution in [0.4, 0.5) is 0 Å². The van der Waals surface area contributed by atoms with Crippen LogP contribution in [0.5, 0.6) is 0 Å². The molecule has 2 aromatic heterocycles. The first-order chi connectivity index (χ1) is 14.2. The monoisotopic (exact) mass is 395 g/mol. The molecule has 2 saturated carbocycles. The van der Waals surface area contributed by atoms with Crippen molar-refractivity contribution in [1.82, 2.24) is 14.5 Å². The summed E-state index contributed by atoms with van der Waals surface area (Å²) in [5.41, 5.74) is 3.36. The average molecular weight is 396 g/mol. The standard InChI is InChI=1S/C24H33N3O2/c28-23(26-13-15-29-16-14-26)20-18-27(21-5-4-12-25-22(20)21)17-19-6-10-24(11-7-19)8-2-1-3-9-24/h4-5,12,18-19H,1-3,6-11,13-17H2. The highest BCUT2D eigenvalue weighted by atomic mass is 16.5. The Labute approximate surface area is 173 Å². The summed E-state index contributed by atoms with van der Waals surface area (Å²) in [6.45, 7) is 3.60. The van der Waals surface area contributed by atoms with Crippen LogP contribution in [0.3, 0.4) is 0 Å². The number of carbonyl (C=O) groups excluding carboxylic acids is 1. The largest absolute Gasteiger partial charge is 0.378 e. The van der Waals surface area contributed by atoms with Gasteiger partial charge in [0.1, 0.15) is 5.52 Å². The number of morpholine rings is 1. The molecule has 0 unspecified atom stereocenters. The molecule has 1 aliphatic heterocycles. The Bertz CT molecular complexity index is 852. The minimum absolute atomic E-state index is 0.0977. The SMILES string of the molecule is O=C(c1cn(CC2CCC3(CCCCC3)CC2)c2cccnc12)N1CCOCC1. The van der Waals surface area contributed by atoms with Crippen LogP contribution in [0.1, 0.15) is 68.1 Å². The normalized spacial score (nSPS) is 23.0. The van der Waals surface area contributed by atoms with Gasteiger partial charge in [-0.05, 0) is 62.0 Å². The number of nitrogens with zero attached hydrogens (tertiary/aromatic N) is 3. The summed E-state index contributed by atoms with van der Waals surface area (Å²) in [6.07, 6.45) is 16.5. The molecule has 0 radical (unpaired) electrons. The van der Waals surface area contributed by atoms with E-state index in [4.69, 9.17) is 4.74 Å². The zero-order chi connectivity index (χ0) is 19.7. The Balaban J connectivity index is 1.33. The van der Waals surface area contributed by atoms with E-state index in [-0.39, 0.29) is 5.91 Å². The maximum Gasteiger partial charge on any atom is 0.257 e. The van der Waals surface area contributed by atoms with Gasteiger partial charge in [-0.1, -0.05) is 19.3 Å². The Morgan fingerprint density at radius 2 is 1.86 bits per heavy atom. The first-order valence-corrected chi connectivity index (χ1v) is 11.6. The van der Waals surface area contributed by atoms with Gasteiger partial charge in [0.25, 0.3) is 5.91 Å². The lowest BCUT2D eigenvalue weighted by molar-refractivity contribution is 0.0304. The predicted molar refractivity (Wildman–Crippen MR) is 114 cm³/mol. The lowest BCUT2D eigenvalue weighted by Crippen LogP contribution is -2.40. The summed E-state index contributed by atoms with van der Waals surface area (Å²) in [5.74, 6) is 0.810. The Kier molecular flexibility index (Phi) is 5.33. The third-order valence-electron chi connectivity index (χ3n) is 7.70. The number of carbonyl (C=O) groups is 1. The van der Waals surface area contributed by atoms with Gasteiger partial charge in [0.15, 0.2) is 0 Å². The van der Waals surface area contributed by atoms with E-state index >= 15 is 0 Å². The molecule has 3 aliphatic rings. The number of amides is 1. The Morgan fingerprint density at radius 1 is 1.10 bits per heavy atom. The number of hydrogen-bond acceptors (Lipinski definition) is 3. The van der Waals surface area contributed by atoms with E-state index in [1.54, 1.807) is 6.20 Å². The third kappa shape index (κ3) is 3.81. The van der Waals surface area contributed by atoms with Crippen LogP contribution in [0.2, 0.25) is 0 Å². The lowest BCUT2D eigenvalue weighted by atomic mass is 9.63. The van der Waals surface area contributed by atoms with E-state index in [0.29, 0.717) is 37.6 Å². The van der Waals surface area contributed by atoms with E-state index in [9.17, 15) is 4.79 Å². The number of pyridine rings is 1. The fourth-order valence-electron chi connectivity index (χ4n) is 5.92. The smallest absolute Gasteiger partial charge is 0.257 e. The van der Waals surface area contributed by atoms with Crippen LogP contribution >= 0.6 is 0 Å². The molecule has 1 amide bonds. The summed E-state index contributed by atoms with van der Waals surface area (Å²) in [6, 6.07) is 4.10. The van der Waals surface area contributed by atoms with E-state index in [1.165, 1.54) is 57.8 Å². The number of fused-ring (bicyclic) bond motifs is 1. The van der Waals surface area contributed by atoms with Crippen molar-refractivity contribution in [1.29, 1.82) is 0 Å². The van der Waals surface area contributed by atoms with Gasteiger partial charge in [0, 0.05) is 32.0 Å². The van der Waals surface area contributed by atoms with Crippen LogP contribution in [-0.2, 0) is 11.3 Å². The minimum Gasteiger partial charge on any atom is -0.378 e. The topological polar surface area (TPSA) is 47.4 Å². The minimum atomic E-state index is 0.0977. The van der Waals surface area contributed by atoms with Crippen molar-refractivity contribution in [2.24, 2.45) is 11.3 Å². The van der Waals surface area contributed by atoms with Gasteiger partial charge in [-0.3, -0.25) is 9.78 Å². The highest BCUT2D eigenvalue weighted by Crippen LogP contribution is 2.49. The molecule has 0 N–H and O–H groups in total. The molecular formula is C24H33N3O2. The molecule has 29 heavy (non-hydrogen) atoms. The highest BCUT2D eigenvalue weighted by molar-refractivity contribution is 6.05. The van der Waals surface area contributed by atoms with Gasteiger partial charge in [-0.15, -0.1) is 0 Å². The quantitative estimate of drug-likeness (QED) is 0.760. The first kappa shape index (κ1) is 19.1. The van der Waals surface area contributed by atoms with Crippen LogP contribution in [0, 0.1) is 11.3 Å². The van der Waals surface area contributed by atoms with Crippen LogP contribution in [-0.4, -0.2) is 46.7 Å². The first-order valence-electron chi connectivity index (χ1n) is 11.6. The molecule has 2 aromatic rings. The molecule has 0 aromatic carbocycles. The zero-order valence-electron chi connectivity index (χ0n) is 17.4. The van der Waals surface area contributed by atoms with Gasteiger partial charge in [0.2, 0.25) is 0 Å². The van der Waals surface area contributed by atoms with Crippen molar-refractivity contribution >= 4 is 16.9 Å². The summed E-state index contributed by atoms with van der Waals surface area (Å²) in [7, 11) is 0. The van der Waals surface area contributed by atoms with E-state index in [0.717, 1.165) is 23.1 Å². The van der Waals surface area contributed by atoms with Crippen molar-refractivity contribution in [3.63, 3.8) is 0 Å². The molecule has 0 atom stereocenters. The molecule has 1 saturated heterocycles. The van der Waals surface area contributed by atoms with Crippen molar-refractivity contribution < 1.29 is 9.53 Å². The number of aromatic nitrogens is 2. The summed E-state index contributed by atoms with van der Waals surface area (Å²) in [4.78, 5) is 19.6. The molecule has 5 nitrogen and oxygen atoms in total. The lowest BCUT2D eigenvalue weighted by Gasteiger charge is -2.43. The average Bonchev–Trinajstić information content (AvgIpc) is 3.15. The fraction of sp³-hybridized carbons (Fsp3) is 0.667. The van der Waals surface area contributed by atoms with Crippen molar-refractivity contribution in [3.05, 3.63) is 30.1 Å². The fourth-order valence-corrected chi connectivity index (χ4v) is 5.92. The predicted octanol–water partition coefficient (Wildman–Crippen LogP) is 4.65. The molecule has 5 rings (SSSR count). The molecule has 156 valence electrons. The zero-order valence-corrected chi connectivity index (χ0v) is 17.4. The molecule has 1 spiro atoms. The number of rotatable bonds is 3. The second-order valence-electron chi connectivity index (χ2n) is 9.47. The second kappa shape index (κ2) is 8.10. The molecule has 3 heterocycles. The van der Waals surface area contributed by atoms with E-state index < -0.39 is 0 Å². The van der Waals surface area contributed by atoms with E-state index in [2.05, 4.69) is 21.8 Å². The Hall–Kier alpha value is -1.88. The van der Waals surface area contributed by atoms with Crippen molar-refractivity contribution in [2.45, 2.75) is 64.3 Å². The Morgan fingerprint density at radius 3 is 2.62 bits per heavy atom. The van der Waals surface area contributed by atoms with Gasteiger partial charge < -0.3 is 14.2 Å². The van der Waals surface area contributed by atoms with Crippen LogP contribution < -0.4 is 0 Å². The molecule has 2 aliphatic carbocycles. The number of hydrogen-bond donors (Lipinski definition) is 0. The summed E-state index contributed by atoms with van der Waals surface area (Å²) >= 11 is 0. The van der Waals surface area contributed by atoms with Gasteiger partial charge in [-0.25, -0.2) is 0 Å². The van der Waals surface area contributed by atoms with Crippen molar-refractivity contribution in [3.8, 4) is 0 Å². The third-order valence-corrected chi connectivity index (χ3v) is 7.70. The summed E-state index contributed by atoms with van der Waals surface area (Å²) < 4.78 is 7.72. The maximum atomic E-state index is 13.1. The summed E-state index contributed by atoms with van der Waals surface area (Å²) in [5, 5.41) is 0. The van der Waals surface area contributed by atoms with Gasteiger partial charge in [0.05, 0.1) is 24.3 Å². The van der Waals surface area contributed by atoms with Crippen LogP contribution in [0.25, 0.3) is 11.0 Å². The molecule has 3 fully saturated rings. The molecule has 0 bridgehead atoms. The second-order valence-corrected chi connectivity index (χ2v) is 9.47. The number of ether oxygens (including phenoxy) is 1. The van der Waals surface area contributed by atoms with Gasteiger partial charge in [-0.2, -0.15) is 0 Å². The maximum absolute atomic E-state index is 13.1.